The van der Waals surface area contributed by atoms with Crippen LogP contribution >= 0.6 is 0 Å². The van der Waals surface area contributed by atoms with E-state index < -0.39 is 23.3 Å². The van der Waals surface area contributed by atoms with Crippen LogP contribution in [0.4, 0.5) is 0 Å². The van der Waals surface area contributed by atoms with Gasteiger partial charge in [0.1, 0.15) is 6.04 Å². The van der Waals surface area contributed by atoms with E-state index in [2.05, 4.69) is 4.98 Å². The van der Waals surface area contributed by atoms with Crippen LogP contribution in [0.3, 0.4) is 0 Å². The van der Waals surface area contributed by atoms with Crippen LogP contribution < -0.4 is 11.2 Å². The Morgan fingerprint density at radius 3 is 2.71 bits per heavy atom. The minimum atomic E-state index is -0.728. The summed E-state index contributed by atoms with van der Waals surface area (Å²) in [6, 6.07) is 6.63. The third-order valence-corrected chi connectivity index (χ3v) is 5.02. The molecule has 4 rings (SSSR count). The molecule has 1 unspecified atom stereocenters. The first kappa shape index (κ1) is 18.2. The highest BCUT2D eigenvalue weighted by Crippen LogP contribution is 2.33. The van der Waals surface area contributed by atoms with E-state index in [1.165, 1.54) is 20.0 Å². The number of aryl methyl sites for hydroxylation is 1. The Bertz CT molecular complexity index is 1180. The van der Waals surface area contributed by atoms with Crippen molar-refractivity contribution in [2.45, 2.75) is 45.7 Å². The van der Waals surface area contributed by atoms with Crippen LogP contribution in [0.15, 0.2) is 40.2 Å². The maximum atomic E-state index is 13.2. The molecule has 0 bridgehead atoms. The maximum absolute atomic E-state index is 13.2. The number of rotatable bonds is 5. The van der Waals surface area contributed by atoms with Crippen LogP contribution in [0.25, 0.3) is 16.9 Å². The number of nitrogens with zero attached hydrogens (tertiary/aromatic N) is 4. The van der Waals surface area contributed by atoms with Gasteiger partial charge in [-0.2, -0.15) is 0 Å². The lowest BCUT2D eigenvalue weighted by atomic mass is 10.2. The molecule has 0 N–H and O–H groups in total. The lowest BCUT2D eigenvalue weighted by Gasteiger charge is -2.15. The molecule has 0 spiro atoms. The van der Waals surface area contributed by atoms with Gasteiger partial charge in [0.25, 0.3) is 5.56 Å². The summed E-state index contributed by atoms with van der Waals surface area (Å²) in [5.41, 5.74) is 1.28. The number of hydrogen-bond acceptors (Lipinski definition) is 5. The molecule has 1 fully saturated rings. The van der Waals surface area contributed by atoms with Gasteiger partial charge in [-0.05, 0) is 51.3 Å². The van der Waals surface area contributed by atoms with E-state index in [1.54, 1.807) is 13.8 Å². The number of benzene rings is 1. The van der Waals surface area contributed by atoms with Crippen molar-refractivity contribution in [2.24, 2.45) is 0 Å². The van der Waals surface area contributed by atoms with Crippen molar-refractivity contribution in [3.8, 4) is 5.69 Å². The summed E-state index contributed by atoms with van der Waals surface area (Å²) in [7, 11) is 0. The molecule has 0 amide bonds. The minimum Gasteiger partial charge on any atom is -0.464 e. The molecule has 1 saturated carbocycles. The molecular formula is C20H22N4O4. The summed E-state index contributed by atoms with van der Waals surface area (Å²) in [6.45, 7) is 5.56. The Balaban J connectivity index is 2.04. The van der Waals surface area contributed by atoms with Gasteiger partial charge in [0, 0.05) is 6.04 Å². The monoisotopic (exact) mass is 382 g/mol. The van der Waals surface area contributed by atoms with Crippen molar-refractivity contribution < 1.29 is 9.53 Å². The number of aromatic nitrogens is 4. The molecule has 146 valence electrons. The van der Waals surface area contributed by atoms with Crippen molar-refractivity contribution in [2.75, 3.05) is 6.61 Å². The Morgan fingerprint density at radius 1 is 1.32 bits per heavy atom. The molecule has 0 radical (unpaired) electrons. The summed E-state index contributed by atoms with van der Waals surface area (Å²) < 4.78 is 9.34. The van der Waals surface area contributed by atoms with Crippen LogP contribution in [0.2, 0.25) is 0 Å². The fraction of sp³-hybridized carbons (Fsp3) is 0.400. The smallest absolute Gasteiger partial charge is 0.337 e. The normalized spacial score (nSPS) is 15.0. The van der Waals surface area contributed by atoms with Crippen LogP contribution in [0.5, 0.6) is 0 Å². The first-order valence-electron chi connectivity index (χ1n) is 9.41. The van der Waals surface area contributed by atoms with Crippen LogP contribution in [0, 0.1) is 6.92 Å². The fourth-order valence-electron chi connectivity index (χ4n) is 3.44. The van der Waals surface area contributed by atoms with E-state index in [0.717, 1.165) is 18.4 Å². The topological polar surface area (TPSA) is 88.1 Å². The molecule has 1 aliphatic carbocycles. The quantitative estimate of drug-likeness (QED) is 0.631. The van der Waals surface area contributed by atoms with E-state index in [1.807, 2.05) is 31.2 Å². The van der Waals surface area contributed by atoms with Gasteiger partial charge >= 0.3 is 11.7 Å². The van der Waals surface area contributed by atoms with Crippen molar-refractivity contribution in [1.29, 1.82) is 0 Å². The van der Waals surface area contributed by atoms with Crippen LogP contribution in [-0.4, -0.2) is 31.3 Å². The largest absolute Gasteiger partial charge is 0.464 e. The molecule has 28 heavy (non-hydrogen) atoms. The third kappa shape index (κ3) is 2.85. The zero-order chi connectivity index (χ0) is 20.0. The standard InChI is InChI=1S/C20H22N4O4/c1-4-28-19(26)13(3)22-11-21-17-16(22)18(25)24(14-8-9-14)20(27)23(17)15-7-5-6-12(2)10-15/h5-7,10-11,13-14H,4,8-9H2,1-3H3. The van der Waals surface area contributed by atoms with Gasteiger partial charge in [0.2, 0.25) is 0 Å². The lowest BCUT2D eigenvalue weighted by molar-refractivity contribution is -0.146. The Kier molecular flexibility index (Phi) is 4.41. The number of carbonyl (C=O) groups excluding carboxylic acids is 1. The average Bonchev–Trinajstić information content (AvgIpc) is 3.39. The molecule has 8 nitrogen and oxygen atoms in total. The van der Waals surface area contributed by atoms with Crippen molar-refractivity contribution in [3.63, 3.8) is 0 Å². The SMILES string of the molecule is CCOC(=O)C(C)n1cnc2c1c(=O)n(C1CC1)c(=O)n2-c1cccc(C)c1. The zero-order valence-corrected chi connectivity index (χ0v) is 16.1. The summed E-state index contributed by atoms with van der Waals surface area (Å²) in [5, 5.41) is 0. The number of fused-ring (bicyclic) bond motifs is 1. The van der Waals surface area contributed by atoms with E-state index in [9.17, 15) is 14.4 Å². The van der Waals surface area contributed by atoms with Gasteiger partial charge in [-0.3, -0.25) is 9.36 Å². The predicted octanol–water partition coefficient (Wildman–Crippen LogP) is 2.12. The molecule has 1 atom stereocenters. The Hall–Kier alpha value is -3.16. The molecular weight excluding hydrogens is 360 g/mol. The van der Waals surface area contributed by atoms with E-state index >= 15 is 0 Å². The van der Waals surface area contributed by atoms with Crippen LogP contribution in [0.1, 0.15) is 44.3 Å². The first-order valence-corrected chi connectivity index (χ1v) is 9.41. The summed E-state index contributed by atoms with van der Waals surface area (Å²) in [4.78, 5) is 43.0. The average molecular weight is 382 g/mol. The molecule has 3 aromatic rings. The summed E-state index contributed by atoms with van der Waals surface area (Å²) in [5.74, 6) is -0.451. The van der Waals surface area contributed by atoms with Crippen molar-refractivity contribution >= 4 is 17.1 Å². The first-order chi connectivity index (χ1) is 13.4. The second-order valence-electron chi connectivity index (χ2n) is 7.12. The van der Waals surface area contributed by atoms with E-state index in [-0.39, 0.29) is 23.8 Å². The number of esters is 1. The predicted molar refractivity (Wildman–Crippen MR) is 104 cm³/mol. The number of ether oxygens (including phenoxy) is 1. The number of carbonyl (C=O) groups is 1. The second kappa shape index (κ2) is 6.78. The zero-order valence-electron chi connectivity index (χ0n) is 16.1. The van der Waals surface area contributed by atoms with E-state index in [4.69, 9.17) is 4.74 Å². The highest BCUT2D eigenvalue weighted by molar-refractivity contribution is 5.79. The van der Waals surface area contributed by atoms with Gasteiger partial charge in [-0.15, -0.1) is 0 Å². The fourth-order valence-corrected chi connectivity index (χ4v) is 3.44. The van der Waals surface area contributed by atoms with Crippen molar-refractivity contribution in [1.82, 2.24) is 18.7 Å². The Morgan fingerprint density at radius 2 is 2.07 bits per heavy atom. The van der Waals surface area contributed by atoms with E-state index in [0.29, 0.717) is 5.69 Å². The van der Waals surface area contributed by atoms with Gasteiger partial charge in [-0.25, -0.2) is 19.1 Å². The number of imidazole rings is 1. The van der Waals surface area contributed by atoms with Gasteiger partial charge in [0.05, 0.1) is 18.6 Å². The molecule has 2 heterocycles. The molecule has 1 aromatic carbocycles. The molecule has 2 aromatic heterocycles. The molecule has 8 heteroatoms. The molecule has 0 aliphatic heterocycles. The van der Waals surface area contributed by atoms with Crippen molar-refractivity contribution in [3.05, 3.63) is 57.0 Å². The Labute approximate surface area is 161 Å². The lowest BCUT2D eigenvalue weighted by Crippen LogP contribution is -2.40. The summed E-state index contributed by atoms with van der Waals surface area (Å²) in [6.07, 6.45) is 3.00. The second-order valence-corrected chi connectivity index (χ2v) is 7.12. The third-order valence-electron chi connectivity index (χ3n) is 5.02. The van der Waals surface area contributed by atoms with Crippen LogP contribution in [-0.2, 0) is 9.53 Å². The molecule has 1 aliphatic rings. The maximum Gasteiger partial charge on any atom is 0.337 e. The minimum absolute atomic E-state index is 0.110. The summed E-state index contributed by atoms with van der Waals surface area (Å²) >= 11 is 0. The molecule has 0 saturated heterocycles. The van der Waals surface area contributed by atoms with Gasteiger partial charge < -0.3 is 9.30 Å². The van der Waals surface area contributed by atoms with Gasteiger partial charge in [0.15, 0.2) is 11.2 Å². The highest BCUT2D eigenvalue weighted by atomic mass is 16.5. The van der Waals surface area contributed by atoms with Gasteiger partial charge in [-0.1, -0.05) is 12.1 Å². The number of hydrogen-bond donors (Lipinski definition) is 0. The highest BCUT2D eigenvalue weighted by Gasteiger charge is 2.31.